The third-order valence-corrected chi connectivity index (χ3v) is 16.1. The van der Waals surface area contributed by atoms with Gasteiger partial charge in [0.05, 0.1) is 11.0 Å². The molecule has 0 amide bonds. The van der Waals surface area contributed by atoms with Gasteiger partial charge in [-0.05, 0) is 84.5 Å². The van der Waals surface area contributed by atoms with Crippen LogP contribution in [0.15, 0.2) is 103 Å². The predicted octanol–water partition coefficient (Wildman–Crippen LogP) is 15.3. The molecule has 0 aliphatic heterocycles. The van der Waals surface area contributed by atoms with Gasteiger partial charge in [0.2, 0.25) is 0 Å². The van der Waals surface area contributed by atoms with Gasteiger partial charge in [-0.15, -0.1) is 22.7 Å². The highest BCUT2D eigenvalue weighted by Gasteiger charge is 2.24. The summed E-state index contributed by atoms with van der Waals surface area (Å²) in [4.78, 5) is 0. The fourth-order valence-electron chi connectivity index (χ4n) is 11.0. The average Bonchev–Trinajstić information content (AvgIpc) is 3.96. The molecule has 0 atom stereocenters. The zero-order chi connectivity index (χ0) is 35.5. The number of benzene rings is 6. The van der Waals surface area contributed by atoms with Gasteiger partial charge in [0.15, 0.2) is 0 Å². The predicted molar refractivity (Wildman–Crippen MR) is 236 cm³/mol. The van der Waals surface area contributed by atoms with Crippen LogP contribution in [-0.4, -0.2) is 9.13 Å². The monoisotopic (exact) mass is 736 g/mol. The molecule has 0 radical (unpaired) electrons. The molecule has 266 valence electrons. The minimum absolute atomic E-state index is 0.670. The number of rotatable bonds is 4. The Balaban J connectivity index is 1.01. The van der Waals surface area contributed by atoms with Crippen LogP contribution >= 0.6 is 22.7 Å². The minimum atomic E-state index is 0.670. The summed E-state index contributed by atoms with van der Waals surface area (Å²) in [6.07, 6.45) is 13.5. The van der Waals surface area contributed by atoms with Crippen molar-refractivity contribution < 1.29 is 0 Å². The molecule has 10 aromatic rings. The van der Waals surface area contributed by atoms with Gasteiger partial charge in [0, 0.05) is 86.5 Å². The smallest absolute Gasteiger partial charge is 0.0509 e. The maximum Gasteiger partial charge on any atom is 0.0509 e. The fraction of sp³-hybridized carbons (Fsp3) is 0.280. The Kier molecular flexibility index (Phi) is 7.15. The van der Waals surface area contributed by atoms with Crippen molar-refractivity contribution in [2.75, 3.05) is 0 Å². The Labute approximate surface area is 323 Å². The topological polar surface area (TPSA) is 9.86 Å². The normalized spacial score (nSPS) is 16.5. The van der Waals surface area contributed by atoms with Crippen molar-refractivity contribution in [3.05, 3.63) is 120 Å². The molecule has 0 saturated heterocycles. The van der Waals surface area contributed by atoms with E-state index in [0.717, 1.165) is 6.54 Å². The molecule has 54 heavy (non-hydrogen) atoms. The summed E-state index contributed by atoms with van der Waals surface area (Å²) in [7, 11) is 2.26. The number of thiophene rings is 2. The van der Waals surface area contributed by atoms with Crippen LogP contribution in [0.1, 0.15) is 92.7 Å². The summed E-state index contributed by atoms with van der Waals surface area (Å²) in [5.41, 5.74) is 9.94. The molecule has 2 nitrogen and oxygen atoms in total. The van der Waals surface area contributed by atoms with E-state index in [2.05, 4.69) is 119 Å². The first-order valence-corrected chi connectivity index (χ1v) is 22.0. The molecule has 6 aromatic carbocycles. The zero-order valence-electron chi connectivity index (χ0n) is 31.0. The lowest BCUT2D eigenvalue weighted by Crippen LogP contribution is -2.04. The van der Waals surface area contributed by atoms with Crippen molar-refractivity contribution in [2.24, 2.45) is 7.05 Å². The molecule has 0 spiro atoms. The molecule has 0 N–H and O–H groups in total. The van der Waals surface area contributed by atoms with Crippen molar-refractivity contribution in [1.82, 2.24) is 9.13 Å². The summed E-state index contributed by atoms with van der Waals surface area (Å²) in [6.45, 7) is 0.855. The van der Waals surface area contributed by atoms with Crippen molar-refractivity contribution in [2.45, 2.75) is 82.6 Å². The second kappa shape index (κ2) is 12.2. The first-order chi connectivity index (χ1) is 26.7. The molecule has 4 aromatic heterocycles. The van der Waals surface area contributed by atoms with Gasteiger partial charge in [-0.25, -0.2) is 0 Å². The van der Waals surface area contributed by atoms with Gasteiger partial charge in [-0.2, -0.15) is 0 Å². The van der Waals surface area contributed by atoms with Crippen molar-refractivity contribution in [1.29, 1.82) is 0 Å². The van der Waals surface area contributed by atoms with Crippen LogP contribution in [0.25, 0.3) is 84.0 Å². The molecule has 0 unspecified atom stereocenters. The van der Waals surface area contributed by atoms with Gasteiger partial charge in [0.1, 0.15) is 0 Å². The van der Waals surface area contributed by atoms with Crippen molar-refractivity contribution in [3.8, 4) is 0 Å². The van der Waals surface area contributed by atoms with Crippen LogP contribution in [0.3, 0.4) is 0 Å². The highest BCUT2D eigenvalue weighted by Crippen LogP contribution is 2.48. The van der Waals surface area contributed by atoms with Gasteiger partial charge in [-0.3, -0.25) is 0 Å². The number of fused-ring (bicyclic) bond motifs is 14. The van der Waals surface area contributed by atoms with E-state index < -0.39 is 0 Å². The van der Waals surface area contributed by atoms with Crippen molar-refractivity contribution in [3.63, 3.8) is 0 Å². The molecular weight excluding hydrogens is 693 g/mol. The van der Waals surface area contributed by atoms with Gasteiger partial charge in [-0.1, -0.05) is 111 Å². The first-order valence-electron chi connectivity index (χ1n) is 20.4. The summed E-state index contributed by atoms with van der Waals surface area (Å²) >= 11 is 4.05. The third kappa shape index (κ3) is 4.56. The molecule has 2 aliphatic rings. The van der Waals surface area contributed by atoms with Crippen LogP contribution in [0.2, 0.25) is 0 Å². The SMILES string of the molecule is Cn1c2cccc(C3CCCCC3)c2c2c3sc4cc(Cn5c6ccccc6c6c7sc8c(C9CCCCC9)cccc8c7ccc65)ccc4c3ccc21. The summed E-state index contributed by atoms with van der Waals surface area (Å²) in [5.74, 6) is 1.37. The Bertz CT molecular complexity index is 3120. The van der Waals surface area contributed by atoms with E-state index in [1.165, 1.54) is 154 Å². The minimum Gasteiger partial charge on any atom is -0.344 e. The summed E-state index contributed by atoms with van der Waals surface area (Å²) < 4.78 is 10.8. The second-order valence-corrected chi connectivity index (χ2v) is 18.6. The standard InChI is InChI=1S/C50H44N2S2/c1-51-41-21-11-17-33(31-12-4-2-5-13-31)45(41)47-42(51)26-24-37-35-23-22-30(28-44(35)53-50(37)47)29-52-40-20-9-8-16-39(40)46-43(52)27-25-38-36-19-10-18-34(48(36)54-49(38)46)32-14-6-3-7-15-32/h8-11,16-28,31-32H,2-7,12-15,29H2,1H3. The van der Waals surface area contributed by atoms with E-state index in [4.69, 9.17) is 0 Å². The van der Waals surface area contributed by atoms with Crippen LogP contribution in [0, 0.1) is 0 Å². The van der Waals surface area contributed by atoms with Crippen LogP contribution < -0.4 is 0 Å². The number of nitrogens with zero attached hydrogens (tertiary/aromatic N) is 2. The maximum atomic E-state index is 2.59. The van der Waals surface area contributed by atoms with Crippen molar-refractivity contribution >= 4 is 107 Å². The van der Waals surface area contributed by atoms with E-state index in [1.54, 1.807) is 11.1 Å². The lowest BCUT2D eigenvalue weighted by atomic mass is 9.82. The average molecular weight is 737 g/mol. The quantitative estimate of drug-likeness (QED) is 0.170. The molecule has 0 bridgehead atoms. The fourth-order valence-corrected chi connectivity index (χ4v) is 13.7. The van der Waals surface area contributed by atoms with E-state index in [-0.39, 0.29) is 0 Å². The number of aromatic nitrogens is 2. The van der Waals surface area contributed by atoms with Crippen LogP contribution in [-0.2, 0) is 13.6 Å². The van der Waals surface area contributed by atoms with Crippen LogP contribution in [0.4, 0.5) is 0 Å². The molecular formula is C50H44N2S2. The van der Waals surface area contributed by atoms with Gasteiger partial charge >= 0.3 is 0 Å². The Morgan fingerprint density at radius 1 is 0.481 bits per heavy atom. The Hall–Kier alpha value is -4.64. The molecule has 2 aliphatic carbocycles. The highest BCUT2D eigenvalue weighted by molar-refractivity contribution is 7.27. The summed E-state index contributed by atoms with van der Waals surface area (Å²) in [6, 6.07) is 40.2. The number of aryl methyl sites for hydroxylation is 1. The summed E-state index contributed by atoms with van der Waals surface area (Å²) in [5, 5.41) is 11.4. The molecule has 2 fully saturated rings. The second-order valence-electron chi connectivity index (χ2n) is 16.5. The lowest BCUT2D eigenvalue weighted by molar-refractivity contribution is 0.445. The van der Waals surface area contributed by atoms with E-state index >= 15 is 0 Å². The largest absolute Gasteiger partial charge is 0.344 e. The number of hydrogen-bond acceptors (Lipinski definition) is 2. The number of hydrogen-bond donors (Lipinski definition) is 0. The van der Waals surface area contributed by atoms with E-state index in [9.17, 15) is 0 Å². The maximum absolute atomic E-state index is 2.59. The van der Waals surface area contributed by atoms with E-state index in [1.807, 2.05) is 22.7 Å². The van der Waals surface area contributed by atoms with Crippen LogP contribution in [0.5, 0.6) is 0 Å². The third-order valence-electron chi connectivity index (χ3n) is 13.6. The molecule has 4 heterocycles. The molecule has 2 saturated carbocycles. The highest BCUT2D eigenvalue weighted by atomic mass is 32.1. The number of para-hydroxylation sites is 1. The Morgan fingerprint density at radius 3 is 1.93 bits per heavy atom. The van der Waals surface area contributed by atoms with Gasteiger partial charge < -0.3 is 9.13 Å². The first kappa shape index (κ1) is 31.7. The molecule has 12 rings (SSSR count). The Morgan fingerprint density at radius 2 is 1.09 bits per heavy atom. The van der Waals surface area contributed by atoms with E-state index in [0.29, 0.717) is 11.8 Å². The lowest BCUT2D eigenvalue weighted by Gasteiger charge is -2.23. The van der Waals surface area contributed by atoms with Gasteiger partial charge in [0.25, 0.3) is 0 Å². The zero-order valence-corrected chi connectivity index (χ0v) is 32.6. The molecule has 4 heteroatoms.